The Balaban J connectivity index is 1.60. The monoisotopic (exact) mass is 323 g/mol. The van der Waals surface area contributed by atoms with Crippen LogP contribution in [0.2, 0.25) is 0 Å². The standard InChI is InChI=1S/C16H29N5O2/c1-13(2)10-21-6-7-23-15(12-21)9-18-16(22)17-5-4-14-8-19-20(3)11-14/h8,11,13,15H,4-7,9-10,12H2,1-3H3,(H2,17,18,22). The molecular formula is C16H29N5O2. The maximum Gasteiger partial charge on any atom is 0.314 e. The van der Waals surface area contributed by atoms with Gasteiger partial charge in [-0.15, -0.1) is 0 Å². The number of rotatable bonds is 7. The van der Waals surface area contributed by atoms with E-state index in [0.29, 0.717) is 19.0 Å². The third-order valence-electron chi connectivity index (χ3n) is 3.79. The van der Waals surface area contributed by atoms with Gasteiger partial charge in [0.15, 0.2) is 0 Å². The molecule has 1 saturated heterocycles. The third-order valence-corrected chi connectivity index (χ3v) is 3.79. The van der Waals surface area contributed by atoms with Crippen LogP contribution in [-0.2, 0) is 18.2 Å². The van der Waals surface area contributed by atoms with E-state index in [1.165, 1.54) is 0 Å². The fraction of sp³-hybridized carbons (Fsp3) is 0.750. The summed E-state index contributed by atoms with van der Waals surface area (Å²) < 4.78 is 7.48. The molecular weight excluding hydrogens is 294 g/mol. The van der Waals surface area contributed by atoms with Crippen molar-refractivity contribution in [2.24, 2.45) is 13.0 Å². The first-order valence-corrected chi connectivity index (χ1v) is 8.36. The van der Waals surface area contributed by atoms with Crippen molar-refractivity contribution < 1.29 is 9.53 Å². The molecule has 1 aliphatic heterocycles. The van der Waals surface area contributed by atoms with E-state index in [9.17, 15) is 4.79 Å². The third kappa shape index (κ3) is 6.58. The second-order valence-corrected chi connectivity index (χ2v) is 6.56. The van der Waals surface area contributed by atoms with Gasteiger partial charge in [0, 0.05) is 46.0 Å². The van der Waals surface area contributed by atoms with Crippen LogP contribution in [0.1, 0.15) is 19.4 Å². The summed E-state index contributed by atoms with van der Waals surface area (Å²) in [7, 11) is 1.89. The van der Waals surface area contributed by atoms with Crippen molar-refractivity contribution in [3.8, 4) is 0 Å². The van der Waals surface area contributed by atoms with Crippen molar-refractivity contribution in [3.05, 3.63) is 18.0 Å². The molecule has 2 rings (SSSR count). The Morgan fingerprint density at radius 2 is 2.30 bits per heavy atom. The SMILES string of the molecule is CC(C)CN1CCOC(CNC(=O)NCCc2cnn(C)c2)C1. The van der Waals surface area contributed by atoms with Crippen LogP contribution in [0.4, 0.5) is 4.79 Å². The van der Waals surface area contributed by atoms with Gasteiger partial charge < -0.3 is 15.4 Å². The van der Waals surface area contributed by atoms with E-state index >= 15 is 0 Å². The highest BCUT2D eigenvalue weighted by Gasteiger charge is 2.21. The summed E-state index contributed by atoms with van der Waals surface area (Å²) in [4.78, 5) is 14.2. The van der Waals surface area contributed by atoms with Crippen molar-refractivity contribution in [3.63, 3.8) is 0 Å². The van der Waals surface area contributed by atoms with E-state index in [1.807, 2.05) is 19.4 Å². The number of aromatic nitrogens is 2. The molecule has 23 heavy (non-hydrogen) atoms. The van der Waals surface area contributed by atoms with Gasteiger partial charge in [-0.25, -0.2) is 4.79 Å². The molecule has 0 aromatic carbocycles. The molecule has 7 nitrogen and oxygen atoms in total. The zero-order chi connectivity index (χ0) is 16.7. The number of nitrogens with zero attached hydrogens (tertiary/aromatic N) is 3. The van der Waals surface area contributed by atoms with Crippen molar-refractivity contribution in [1.29, 1.82) is 0 Å². The highest BCUT2D eigenvalue weighted by Crippen LogP contribution is 2.07. The van der Waals surface area contributed by atoms with Gasteiger partial charge in [0.05, 0.1) is 18.9 Å². The van der Waals surface area contributed by atoms with Gasteiger partial charge in [0.1, 0.15) is 0 Å². The fourth-order valence-corrected chi connectivity index (χ4v) is 2.78. The Bertz CT molecular complexity index is 489. The van der Waals surface area contributed by atoms with E-state index in [1.54, 1.807) is 4.68 Å². The van der Waals surface area contributed by atoms with Crippen molar-refractivity contribution >= 4 is 6.03 Å². The predicted molar refractivity (Wildman–Crippen MR) is 89.3 cm³/mol. The summed E-state index contributed by atoms with van der Waals surface area (Å²) in [5.74, 6) is 0.650. The second kappa shape index (κ2) is 8.88. The number of aryl methyl sites for hydroxylation is 1. The highest BCUT2D eigenvalue weighted by atomic mass is 16.5. The lowest BCUT2D eigenvalue weighted by Gasteiger charge is -2.33. The molecule has 2 heterocycles. The molecule has 2 amide bonds. The first-order chi connectivity index (χ1) is 11.0. The number of amides is 2. The molecule has 0 bridgehead atoms. The number of carbonyl (C=O) groups excluding carboxylic acids is 1. The smallest absolute Gasteiger partial charge is 0.314 e. The number of urea groups is 1. The van der Waals surface area contributed by atoms with E-state index in [4.69, 9.17) is 4.74 Å². The van der Waals surface area contributed by atoms with Crippen LogP contribution in [0.25, 0.3) is 0 Å². The second-order valence-electron chi connectivity index (χ2n) is 6.56. The first-order valence-electron chi connectivity index (χ1n) is 8.36. The Hall–Kier alpha value is -1.60. The van der Waals surface area contributed by atoms with Crippen LogP contribution >= 0.6 is 0 Å². The van der Waals surface area contributed by atoms with E-state index in [2.05, 4.69) is 34.5 Å². The lowest BCUT2D eigenvalue weighted by Crippen LogP contribution is -2.49. The summed E-state index contributed by atoms with van der Waals surface area (Å²) in [5, 5.41) is 9.87. The molecule has 0 saturated carbocycles. The van der Waals surface area contributed by atoms with Crippen molar-refractivity contribution in [1.82, 2.24) is 25.3 Å². The van der Waals surface area contributed by atoms with Crippen molar-refractivity contribution in [2.45, 2.75) is 26.4 Å². The number of morpholine rings is 1. The van der Waals surface area contributed by atoms with Gasteiger partial charge in [0.2, 0.25) is 0 Å². The van der Waals surface area contributed by atoms with Gasteiger partial charge in [-0.2, -0.15) is 5.10 Å². The number of hydrogen-bond donors (Lipinski definition) is 2. The van der Waals surface area contributed by atoms with Crippen LogP contribution in [0.5, 0.6) is 0 Å². The molecule has 1 aliphatic rings. The zero-order valence-corrected chi connectivity index (χ0v) is 14.4. The molecule has 7 heteroatoms. The molecule has 1 aromatic rings. The molecule has 0 radical (unpaired) electrons. The van der Waals surface area contributed by atoms with Gasteiger partial charge in [0.25, 0.3) is 0 Å². The van der Waals surface area contributed by atoms with Crippen LogP contribution in [0, 0.1) is 5.92 Å². The van der Waals surface area contributed by atoms with E-state index < -0.39 is 0 Å². The Morgan fingerprint density at radius 1 is 1.48 bits per heavy atom. The maximum atomic E-state index is 11.8. The topological polar surface area (TPSA) is 71.4 Å². The van der Waals surface area contributed by atoms with Crippen molar-refractivity contribution in [2.75, 3.05) is 39.3 Å². The molecule has 1 unspecified atom stereocenters. The Kier molecular flexibility index (Phi) is 6.85. The minimum Gasteiger partial charge on any atom is -0.374 e. The minimum absolute atomic E-state index is 0.0755. The first kappa shape index (κ1) is 17.7. The van der Waals surface area contributed by atoms with Crippen LogP contribution in [0.15, 0.2) is 12.4 Å². The molecule has 1 atom stereocenters. The average Bonchev–Trinajstić information content (AvgIpc) is 2.90. The number of ether oxygens (including phenoxy) is 1. The van der Waals surface area contributed by atoms with Gasteiger partial charge in [-0.3, -0.25) is 9.58 Å². The summed E-state index contributed by atoms with van der Waals surface area (Å²) in [6.45, 7) is 9.27. The van der Waals surface area contributed by atoms with E-state index in [0.717, 1.165) is 38.2 Å². The fourth-order valence-electron chi connectivity index (χ4n) is 2.78. The average molecular weight is 323 g/mol. The van der Waals surface area contributed by atoms with Crippen LogP contribution in [0.3, 0.4) is 0 Å². The zero-order valence-electron chi connectivity index (χ0n) is 14.4. The van der Waals surface area contributed by atoms with Crippen LogP contribution < -0.4 is 10.6 Å². The molecule has 130 valence electrons. The number of carbonyl (C=O) groups is 1. The Labute approximate surface area is 138 Å². The van der Waals surface area contributed by atoms with Gasteiger partial charge in [-0.1, -0.05) is 13.8 Å². The normalized spacial score (nSPS) is 19.0. The predicted octanol–water partition coefficient (Wildman–Crippen LogP) is 0.619. The lowest BCUT2D eigenvalue weighted by atomic mass is 10.2. The quantitative estimate of drug-likeness (QED) is 0.772. The Morgan fingerprint density at radius 3 is 3.00 bits per heavy atom. The summed E-state index contributed by atoms with van der Waals surface area (Å²) in [6, 6.07) is -0.140. The maximum absolute atomic E-state index is 11.8. The van der Waals surface area contributed by atoms with Gasteiger partial charge >= 0.3 is 6.03 Å². The molecule has 0 aliphatic carbocycles. The number of nitrogens with one attached hydrogen (secondary N) is 2. The van der Waals surface area contributed by atoms with Gasteiger partial charge in [-0.05, 0) is 17.9 Å². The number of hydrogen-bond acceptors (Lipinski definition) is 4. The van der Waals surface area contributed by atoms with E-state index in [-0.39, 0.29) is 12.1 Å². The van der Waals surface area contributed by atoms with Crippen LogP contribution in [-0.4, -0.2) is 66.1 Å². The molecule has 0 spiro atoms. The highest BCUT2D eigenvalue weighted by molar-refractivity contribution is 5.73. The summed E-state index contributed by atoms with van der Waals surface area (Å²) in [6.07, 6.45) is 4.63. The summed E-state index contributed by atoms with van der Waals surface area (Å²) in [5.41, 5.74) is 1.12. The summed E-state index contributed by atoms with van der Waals surface area (Å²) >= 11 is 0. The lowest BCUT2D eigenvalue weighted by molar-refractivity contribution is -0.0290. The largest absolute Gasteiger partial charge is 0.374 e. The minimum atomic E-state index is -0.140. The molecule has 2 N–H and O–H groups in total. The molecule has 1 fully saturated rings. The molecule has 1 aromatic heterocycles.